The number of benzene rings is 1. The molecule has 7 heteroatoms. The smallest absolute Gasteiger partial charge is 0.416 e. The largest absolute Gasteiger partial charge is 0.489 e. The lowest BCUT2D eigenvalue weighted by Gasteiger charge is -2.09. The predicted octanol–water partition coefficient (Wildman–Crippen LogP) is 2.97. The van der Waals surface area contributed by atoms with Gasteiger partial charge in [-0.3, -0.25) is 0 Å². The van der Waals surface area contributed by atoms with Gasteiger partial charge in [-0.25, -0.2) is 10.8 Å². The van der Waals surface area contributed by atoms with Crippen LogP contribution in [0, 0.1) is 0 Å². The fourth-order valence-electron chi connectivity index (χ4n) is 1.50. The van der Waals surface area contributed by atoms with Crippen molar-refractivity contribution in [1.29, 1.82) is 0 Å². The number of nitrogens with zero attached hydrogens (tertiary/aromatic N) is 1. The standard InChI is InChI=1S/C13H12F3N3O/c14-13(15,16)10-2-4-11(5-3-10)20-8-9-1-6-12(19-17)18-7-9/h1-7H,8,17H2,(H,18,19). The van der Waals surface area contributed by atoms with E-state index in [4.69, 9.17) is 10.6 Å². The molecule has 3 N–H and O–H groups in total. The number of anilines is 1. The third-order valence-electron chi connectivity index (χ3n) is 2.56. The number of pyridine rings is 1. The maximum Gasteiger partial charge on any atom is 0.416 e. The van der Waals surface area contributed by atoms with Crippen molar-refractivity contribution in [3.05, 3.63) is 53.7 Å². The Morgan fingerprint density at radius 3 is 2.30 bits per heavy atom. The molecule has 0 aliphatic rings. The van der Waals surface area contributed by atoms with E-state index in [1.165, 1.54) is 12.1 Å². The minimum Gasteiger partial charge on any atom is -0.489 e. The highest BCUT2D eigenvalue weighted by Gasteiger charge is 2.29. The molecule has 2 rings (SSSR count). The number of rotatable bonds is 4. The monoisotopic (exact) mass is 283 g/mol. The lowest BCUT2D eigenvalue weighted by Crippen LogP contribution is -2.08. The molecular formula is C13H12F3N3O. The highest BCUT2D eigenvalue weighted by Crippen LogP contribution is 2.30. The zero-order valence-corrected chi connectivity index (χ0v) is 10.3. The van der Waals surface area contributed by atoms with E-state index in [9.17, 15) is 13.2 Å². The third kappa shape index (κ3) is 3.61. The minimum atomic E-state index is -4.34. The molecular weight excluding hydrogens is 271 g/mol. The molecule has 1 heterocycles. The first-order valence-corrected chi connectivity index (χ1v) is 5.70. The third-order valence-corrected chi connectivity index (χ3v) is 2.56. The van der Waals surface area contributed by atoms with E-state index >= 15 is 0 Å². The Bertz CT molecular complexity index is 553. The topological polar surface area (TPSA) is 60.2 Å². The van der Waals surface area contributed by atoms with Crippen molar-refractivity contribution >= 4 is 5.82 Å². The molecule has 1 aromatic carbocycles. The van der Waals surface area contributed by atoms with Gasteiger partial charge in [-0.2, -0.15) is 13.2 Å². The zero-order chi connectivity index (χ0) is 14.6. The van der Waals surface area contributed by atoms with Crippen LogP contribution in [0.25, 0.3) is 0 Å². The first-order valence-electron chi connectivity index (χ1n) is 5.70. The van der Waals surface area contributed by atoms with Crippen LogP contribution in [0.2, 0.25) is 0 Å². The Morgan fingerprint density at radius 2 is 1.80 bits per heavy atom. The summed E-state index contributed by atoms with van der Waals surface area (Å²) in [4.78, 5) is 3.99. The fraction of sp³-hybridized carbons (Fsp3) is 0.154. The van der Waals surface area contributed by atoms with Crippen LogP contribution in [0.1, 0.15) is 11.1 Å². The van der Waals surface area contributed by atoms with Crippen LogP contribution >= 0.6 is 0 Å². The second-order valence-corrected chi connectivity index (χ2v) is 4.01. The van der Waals surface area contributed by atoms with Crippen LogP contribution in [0.3, 0.4) is 0 Å². The number of hydrazine groups is 1. The number of nitrogens with one attached hydrogen (secondary N) is 1. The van der Waals surface area contributed by atoms with Gasteiger partial charge in [0.1, 0.15) is 18.2 Å². The number of nitrogens with two attached hydrogens (primary N) is 1. The summed E-state index contributed by atoms with van der Waals surface area (Å²) in [5.74, 6) is 6.06. The van der Waals surface area contributed by atoms with Gasteiger partial charge in [0.05, 0.1) is 5.56 Å². The Labute approximate surface area is 113 Å². The summed E-state index contributed by atoms with van der Waals surface area (Å²) in [5, 5.41) is 0. The average Bonchev–Trinajstić information content (AvgIpc) is 2.45. The molecule has 0 saturated heterocycles. The molecule has 20 heavy (non-hydrogen) atoms. The number of ether oxygens (including phenoxy) is 1. The van der Waals surface area contributed by atoms with E-state index in [0.717, 1.165) is 17.7 Å². The van der Waals surface area contributed by atoms with Crippen molar-refractivity contribution in [2.24, 2.45) is 5.84 Å². The molecule has 0 fully saturated rings. The van der Waals surface area contributed by atoms with Crippen molar-refractivity contribution in [2.45, 2.75) is 12.8 Å². The number of hydrogen-bond acceptors (Lipinski definition) is 4. The highest BCUT2D eigenvalue weighted by atomic mass is 19.4. The van der Waals surface area contributed by atoms with E-state index in [1.807, 2.05) is 0 Å². The molecule has 0 atom stereocenters. The summed E-state index contributed by atoms with van der Waals surface area (Å²) in [7, 11) is 0. The summed E-state index contributed by atoms with van der Waals surface area (Å²) in [6, 6.07) is 7.96. The molecule has 0 spiro atoms. The summed E-state index contributed by atoms with van der Waals surface area (Å²) in [6.45, 7) is 0.212. The maximum atomic E-state index is 12.4. The number of alkyl halides is 3. The van der Waals surface area contributed by atoms with Gasteiger partial charge >= 0.3 is 6.18 Å². The SMILES string of the molecule is NNc1ccc(COc2ccc(C(F)(F)F)cc2)cn1. The molecule has 0 saturated carbocycles. The molecule has 106 valence electrons. The Balaban J connectivity index is 1.96. The quantitative estimate of drug-likeness (QED) is 0.669. The number of halogens is 3. The molecule has 0 amide bonds. The second-order valence-electron chi connectivity index (χ2n) is 4.01. The Kier molecular flexibility index (Phi) is 4.09. The summed E-state index contributed by atoms with van der Waals surface area (Å²) >= 11 is 0. The molecule has 4 nitrogen and oxygen atoms in total. The predicted molar refractivity (Wildman–Crippen MR) is 67.8 cm³/mol. The van der Waals surface area contributed by atoms with Crippen LogP contribution in [0.15, 0.2) is 42.6 Å². The lowest BCUT2D eigenvalue weighted by atomic mass is 10.2. The molecule has 0 aliphatic heterocycles. The maximum absolute atomic E-state index is 12.4. The van der Waals surface area contributed by atoms with Crippen molar-refractivity contribution in [3.8, 4) is 5.75 Å². The normalized spacial score (nSPS) is 11.2. The number of nitrogen functional groups attached to an aromatic ring is 1. The van der Waals surface area contributed by atoms with Crippen LogP contribution in [-0.4, -0.2) is 4.98 Å². The van der Waals surface area contributed by atoms with Gasteiger partial charge in [-0.05, 0) is 30.3 Å². The fourth-order valence-corrected chi connectivity index (χ4v) is 1.50. The minimum absolute atomic E-state index is 0.212. The Morgan fingerprint density at radius 1 is 1.10 bits per heavy atom. The van der Waals surface area contributed by atoms with E-state index in [0.29, 0.717) is 11.6 Å². The van der Waals surface area contributed by atoms with E-state index in [1.54, 1.807) is 18.3 Å². The van der Waals surface area contributed by atoms with Crippen LogP contribution in [0.5, 0.6) is 5.75 Å². The van der Waals surface area contributed by atoms with Crippen LogP contribution in [-0.2, 0) is 12.8 Å². The Hall–Kier alpha value is -2.28. The van der Waals surface area contributed by atoms with Crippen molar-refractivity contribution in [3.63, 3.8) is 0 Å². The number of hydrogen-bond donors (Lipinski definition) is 2. The lowest BCUT2D eigenvalue weighted by molar-refractivity contribution is -0.137. The molecule has 2 aromatic rings. The van der Waals surface area contributed by atoms with Gasteiger partial charge in [0.25, 0.3) is 0 Å². The van der Waals surface area contributed by atoms with Gasteiger partial charge in [0.2, 0.25) is 0 Å². The summed E-state index contributed by atoms with van der Waals surface area (Å²) in [5.41, 5.74) is 2.47. The summed E-state index contributed by atoms with van der Waals surface area (Å²) in [6.07, 6.45) is -2.77. The first kappa shape index (κ1) is 14.1. The zero-order valence-electron chi connectivity index (χ0n) is 10.3. The first-order chi connectivity index (χ1) is 9.49. The van der Waals surface area contributed by atoms with Gasteiger partial charge < -0.3 is 10.2 Å². The van der Waals surface area contributed by atoms with Gasteiger partial charge in [-0.1, -0.05) is 6.07 Å². The molecule has 0 aliphatic carbocycles. The van der Waals surface area contributed by atoms with Crippen LogP contribution < -0.4 is 16.0 Å². The molecule has 0 bridgehead atoms. The molecule has 1 aromatic heterocycles. The van der Waals surface area contributed by atoms with Crippen molar-refractivity contribution < 1.29 is 17.9 Å². The summed E-state index contributed by atoms with van der Waals surface area (Å²) < 4.78 is 42.5. The van der Waals surface area contributed by atoms with Crippen molar-refractivity contribution in [2.75, 3.05) is 5.43 Å². The molecule has 0 radical (unpaired) electrons. The van der Waals surface area contributed by atoms with Gasteiger partial charge in [-0.15, -0.1) is 0 Å². The van der Waals surface area contributed by atoms with E-state index in [-0.39, 0.29) is 6.61 Å². The van der Waals surface area contributed by atoms with E-state index < -0.39 is 11.7 Å². The van der Waals surface area contributed by atoms with Crippen molar-refractivity contribution in [1.82, 2.24) is 4.98 Å². The molecule has 0 unspecified atom stereocenters. The van der Waals surface area contributed by atoms with Gasteiger partial charge in [0.15, 0.2) is 0 Å². The average molecular weight is 283 g/mol. The number of aromatic nitrogens is 1. The van der Waals surface area contributed by atoms with Crippen LogP contribution in [0.4, 0.5) is 19.0 Å². The second kappa shape index (κ2) is 5.79. The highest BCUT2D eigenvalue weighted by molar-refractivity contribution is 5.34. The van der Waals surface area contributed by atoms with Gasteiger partial charge in [0, 0.05) is 11.8 Å². The van der Waals surface area contributed by atoms with E-state index in [2.05, 4.69) is 10.4 Å².